The van der Waals surface area contributed by atoms with Crippen molar-refractivity contribution in [1.29, 1.82) is 0 Å². The fourth-order valence-electron chi connectivity index (χ4n) is 2.16. The molecule has 1 atom stereocenters. The number of rotatable bonds is 9. The standard InChI is InChI=1S/C15H12Cl2F3NO6S2/c16-9-5-8-6-10(13(15(18,19)20)27-12(8)11(17)7-9)14(22)25-1-3-28-29-4-2-26-21(23)24/h5-7,13H,1-4H2/t13-/m0/s1. The molecule has 160 valence electrons. The summed E-state index contributed by atoms with van der Waals surface area (Å²) >= 11 is 11.7. The number of esters is 1. The molecular weight excluding hydrogens is 482 g/mol. The van der Waals surface area contributed by atoms with Crippen LogP contribution in [-0.2, 0) is 14.4 Å². The number of ether oxygens (including phenoxy) is 2. The Kier molecular flexibility index (Phi) is 8.61. The molecule has 7 nitrogen and oxygen atoms in total. The summed E-state index contributed by atoms with van der Waals surface area (Å²) in [5.74, 6) is -0.837. The third kappa shape index (κ3) is 7.05. The predicted octanol–water partition coefficient (Wildman–Crippen LogP) is 4.83. The molecule has 0 unspecified atom stereocenters. The number of nitrogens with zero attached hydrogens (tertiary/aromatic N) is 1. The smallest absolute Gasteiger partial charge is 0.430 e. The van der Waals surface area contributed by atoms with Crippen LogP contribution in [0.4, 0.5) is 13.2 Å². The van der Waals surface area contributed by atoms with Crippen molar-refractivity contribution in [1.82, 2.24) is 0 Å². The first-order chi connectivity index (χ1) is 13.6. The summed E-state index contributed by atoms with van der Waals surface area (Å²) in [4.78, 5) is 26.3. The predicted molar refractivity (Wildman–Crippen MR) is 104 cm³/mol. The Morgan fingerprint density at radius 3 is 2.52 bits per heavy atom. The lowest BCUT2D eigenvalue weighted by Crippen LogP contribution is -2.41. The first-order valence-electron chi connectivity index (χ1n) is 7.72. The van der Waals surface area contributed by atoms with Crippen molar-refractivity contribution < 1.29 is 37.4 Å². The molecule has 1 heterocycles. The van der Waals surface area contributed by atoms with E-state index in [0.29, 0.717) is 5.75 Å². The van der Waals surface area contributed by atoms with Gasteiger partial charge in [0, 0.05) is 22.1 Å². The largest absolute Gasteiger partial charge is 0.474 e. The van der Waals surface area contributed by atoms with Gasteiger partial charge in [-0.1, -0.05) is 44.8 Å². The molecule has 1 aromatic rings. The number of benzene rings is 1. The minimum atomic E-state index is -4.87. The number of fused-ring (bicyclic) bond motifs is 1. The number of hydrogen-bond acceptors (Lipinski definition) is 8. The molecule has 1 aliphatic rings. The van der Waals surface area contributed by atoms with E-state index < -0.39 is 28.9 Å². The van der Waals surface area contributed by atoms with Crippen molar-refractivity contribution in [3.05, 3.63) is 43.4 Å². The average Bonchev–Trinajstić information content (AvgIpc) is 2.61. The van der Waals surface area contributed by atoms with E-state index in [0.717, 1.165) is 6.08 Å². The van der Waals surface area contributed by atoms with E-state index in [1.165, 1.54) is 33.7 Å². The van der Waals surface area contributed by atoms with Gasteiger partial charge in [0.1, 0.15) is 19.0 Å². The lowest BCUT2D eigenvalue weighted by Gasteiger charge is -2.28. The van der Waals surface area contributed by atoms with Crippen LogP contribution < -0.4 is 4.74 Å². The van der Waals surface area contributed by atoms with Gasteiger partial charge in [-0.25, -0.2) is 4.79 Å². The van der Waals surface area contributed by atoms with Crippen molar-refractivity contribution in [3.63, 3.8) is 0 Å². The summed E-state index contributed by atoms with van der Waals surface area (Å²) in [6.07, 6.45) is -6.40. The maximum absolute atomic E-state index is 13.4. The molecule has 0 saturated carbocycles. The molecule has 0 aliphatic carbocycles. The molecule has 0 fully saturated rings. The highest BCUT2D eigenvalue weighted by Gasteiger charge is 2.49. The number of carbonyl (C=O) groups is 1. The van der Waals surface area contributed by atoms with Gasteiger partial charge in [0.15, 0.2) is 0 Å². The zero-order valence-electron chi connectivity index (χ0n) is 14.2. The first kappa shape index (κ1) is 23.8. The van der Waals surface area contributed by atoms with E-state index in [4.69, 9.17) is 32.7 Å². The van der Waals surface area contributed by atoms with Crippen molar-refractivity contribution >= 4 is 56.8 Å². The molecule has 0 radical (unpaired) electrons. The maximum atomic E-state index is 13.4. The molecule has 0 saturated heterocycles. The number of carbonyl (C=O) groups excluding carboxylic acids is 1. The lowest BCUT2D eigenvalue weighted by molar-refractivity contribution is -0.756. The van der Waals surface area contributed by atoms with Crippen molar-refractivity contribution in [3.8, 4) is 5.75 Å². The van der Waals surface area contributed by atoms with E-state index in [9.17, 15) is 28.1 Å². The molecule has 0 spiro atoms. The molecule has 29 heavy (non-hydrogen) atoms. The van der Waals surface area contributed by atoms with Gasteiger partial charge in [0.05, 0.1) is 10.6 Å². The highest BCUT2D eigenvalue weighted by molar-refractivity contribution is 8.76. The summed E-state index contributed by atoms with van der Waals surface area (Å²) in [6, 6.07) is 2.56. The third-order valence-corrected chi connectivity index (χ3v) is 6.08. The minimum absolute atomic E-state index is 0.105. The number of halogens is 5. The fraction of sp³-hybridized carbons (Fsp3) is 0.400. The van der Waals surface area contributed by atoms with Crippen molar-refractivity contribution in [2.24, 2.45) is 0 Å². The quantitative estimate of drug-likeness (QED) is 0.159. The van der Waals surface area contributed by atoms with E-state index in [-0.39, 0.29) is 40.3 Å². The maximum Gasteiger partial charge on any atom is 0.430 e. The SMILES string of the molecule is O=C(OCCSSCCO[N+](=O)[O-])C1=Cc2cc(Cl)cc(Cl)c2O[C@@H]1C(F)(F)F. The van der Waals surface area contributed by atoms with Crippen molar-refractivity contribution in [2.75, 3.05) is 24.7 Å². The summed E-state index contributed by atoms with van der Waals surface area (Å²) < 4.78 is 49.9. The van der Waals surface area contributed by atoms with E-state index in [1.807, 2.05) is 0 Å². The fourth-order valence-corrected chi connectivity index (χ4v) is 4.36. The highest BCUT2D eigenvalue weighted by Crippen LogP contribution is 2.42. The van der Waals surface area contributed by atoms with Crippen LogP contribution in [0.2, 0.25) is 10.0 Å². The summed E-state index contributed by atoms with van der Waals surface area (Å²) in [5.41, 5.74) is -0.592. The topological polar surface area (TPSA) is 87.9 Å². The Bertz CT molecular complexity index is 809. The molecule has 0 N–H and O–H groups in total. The molecule has 0 bridgehead atoms. The van der Waals surface area contributed by atoms with Gasteiger partial charge in [-0.15, -0.1) is 10.1 Å². The zero-order valence-corrected chi connectivity index (χ0v) is 17.4. The van der Waals surface area contributed by atoms with Gasteiger partial charge in [-0.05, 0) is 18.2 Å². The van der Waals surface area contributed by atoms with Crippen LogP contribution in [0.25, 0.3) is 6.08 Å². The monoisotopic (exact) mass is 493 g/mol. The lowest BCUT2D eigenvalue weighted by atomic mass is 10.0. The first-order valence-corrected chi connectivity index (χ1v) is 11.0. The van der Waals surface area contributed by atoms with Crippen LogP contribution in [0.15, 0.2) is 17.7 Å². The van der Waals surface area contributed by atoms with Gasteiger partial charge in [-0.3, -0.25) is 0 Å². The Labute approximate surface area is 180 Å². The van der Waals surface area contributed by atoms with Crippen LogP contribution in [0.1, 0.15) is 5.56 Å². The second-order valence-corrected chi connectivity index (χ2v) is 8.83. The molecule has 2 rings (SSSR count). The van der Waals surface area contributed by atoms with E-state index in [2.05, 4.69) is 4.84 Å². The Morgan fingerprint density at radius 2 is 1.90 bits per heavy atom. The van der Waals surface area contributed by atoms with Gasteiger partial charge < -0.3 is 14.3 Å². The molecule has 0 aromatic heterocycles. The van der Waals surface area contributed by atoms with Crippen LogP contribution in [0.5, 0.6) is 5.75 Å². The molecule has 0 amide bonds. The van der Waals surface area contributed by atoms with E-state index >= 15 is 0 Å². The van der Waals surface area contributed by atoms with Gasteiger partial charge in [0.25, 0.3) is 5.09 Å². The molecule has 14 heteroatoms. The van der Waals surface area contributed by atoms with E-state index in [1.54, 1.807) is 0 Å². The second-order valence-electron chi connectivity index (χ2n) is 5.28. The summed E-state index contributed by atoms with van der Waals surface area (Å²) in [6.45, 7) is -0.274. The van der Waals surface area contributed by atoms with Gasteiger partial charge in [0.2, 0.25) is 6.10 Å². The second kappa shape index (κ2) is 10.5. The minimum Gasteiger partial charge on any atom is -0.474 e. The van der Waals surface area contributed by atoms with Crippen molar-refractivity contribution in [2.45, 2.75) is 12.3 Å². The highest BCUT2D eigenvalue weighted by atomic mass is 35.5. The molecule has 1 aliphatic heterocycles. The van der Waals surface area contributed by atoms with Gasteiger partial charge in [-0.2, -0.15) is 13.2 Å². The van der Waals surface area contributed by atoms with Crippen LogP contribution in [0.3, 0.4) is 0 Å². The Hall–Kier alpha value is -1.50. The number of alkyl halides is 3. The summed E-state index contributed by atoms with van der Waals surface area (Å²) in [5, 5.41) is 9.11. The molecule has 1 aromatic carbocycles. The zero-order chi connectivity index (χ0) is 21.6. The summed E-state index contributed by atoms with van der Waals surface area (Å²) in [7, 11) is 2.45. The third-order valence-electron chi connectivity index (χ3n) is 3.25. The number of hydrogen-bond donors (Lipinski definition) is 0. The van der Waals surface area contributed by atoms with Crippen LogP contribution >= 0.6 is 44.8 Å². The Morgan fingerprint density at radius 1 is 1.24 bits per heavy atom. The average molecular weight is 494 g/mol. The molecular formula is C15H12Cl2F3NO6S2. The van der Waals surface area contributed by atoms with Gasteiger partial charge >= 0.3 is 12.1 Å². The van der Waals surface area contributed by atoms with Crippen LogP contribution in [0, 0.1) is 10.1 Å². The Balaban J connectivity index is 1.97. The van der Waals surface area contributed by atoms with Crippen LogP contribution in [-0.4, -0.2) is 48.1 Å². The normalized spacial score (nSPS) is 15.8.